The molecule has 0 saturated carbocycles. The highest BCUT2D eigenvalue weighted by molar-refractivity contribution is 7.47. The molecule has 0 fully saturated rings. The monoisotopic (exact) mass is 1210 g/mol. The zero-order valence-electron chi connectivity index (χ0n) is 52.5. The summed E-state index contributed by atoms with van der Waals surface area (Å²) in [5.41, 5.74) is 0. The van der Waals surface area contributed by atoms with Crippen LogP contribution in [-0.4, -0.2) is 96.7 Å². The van der Waals surface area contributed by atoms with Gasteiger partial charge in [-0.1, -0.05) is 272 Å². The molecule has 486 valence electrons. The second-order valence-electron chi connectivity index (χ2n) is 22.8. The molecule has 0 rings (SSSR count). The first kappa shape index (κ1) is 80.1. The van der Waals surface area contributed by atoms with Crippen LogP contribution >= 0.6 is 15.6 Å². The van der Waals surface area contributed by atoms with Crippen LogP contribution in [0.15, 0.2) is 0 Å². The summed E-state index contributed by atoms with van der Waals surface area (Å²) in [6, 6.07) is 0. The summed E-state index contributed by atoms with van der Waals surface area (Å²) in [5.74, 6) is -2.14. The molecular formula is C63H122O17P2. The quantitative estimate of drug-likeness (QED) is 0.0222. The Hall–Kier alpha value is -1.94. The number of phosphoric ester groups is 2. The molecule has 0 amide bonds. The predicted octanol–water partition coefficient (Wildman–Crippen LogP) is 17.5. The van der Waals surface area contributed by atoms with Gasteiger partial charge in [0, 0.05) is 25.7 Å². The third-order valence-corrected chi connectivity index (χ3v) is 16.5. The number of carbonyl (C=O) groups is 4. The number of esters is 4. The van der Waals surface area contributed by atoms with Crippen LogP contribution in [-0.2, 0) is 65.4 Å². The standard InChI is InChI=1S/C63H122O17P2/c1-5-9-13-17-20-23-26-27-28-29-30-32-35-38-42-46-50-63(68)80-59(54-74-61(66)48-44-40-36-34-31-24-21-18-14-10-6-2)56-78-82(71,72)76-52-57(64)51-75-81(69,70)77-55-58(53-73-60(65)47-43-39-16-12-8-4)79-62(67)49-45-41-37-33-25-22-19-15-11-7-3/h57-59,64H,5-56H2,1-4H3,(H,69,70)(H,71,72)/t57-,58+,59+/m0/s1. The molecule has 17 nitrogen and oxygen atoms in total. The van der Waals surface area contributed by atoms with Gasteiger partial charge < -0.3 is 33.8 Å². The van der Waals surface area contributed by atoms with Gasteiger partial charge in [-0.3, -0.25) is 37.3 Å². The first-order valence-corrected chi connectivity index (χ1v) is 36.3. The number of phosphoric acid groups is 2. The molecule has 5 atom stereocenters. The minimum Gasteiger partial charge on any atom is -0.462 e. The van der Waals surface area contributed by atoms with Crippen molar-refractivity contribution in [3.63, 3.8) is 0 Å². The summed E-state index contributed by atoms with van der Waals surface area (Å²) in [6.07, 6.45) is 43.3. The summed E-state index contributed by atoms with van der Waals surface area (Å²) in [5, 5.41) is 10.5. The van der Waals surface area contributed by atoms with Gasteiger partial charge in [0.25, 0.3) is 0 Å². The van der Waals surface area contributed by atoms with E-state index in [9.17, 15) is 43.2 Å². The van der Waals surface area contributed by atoms with Crippen LogP contribution in [0.1, 0.15) is 323 Å². The van der Waals surface area contributed by atoms with E-state index in [0.29, 0.717) is 25.7 Å². The van der Waals surface area contributed by atoms with E-state index in [2.05, 4.69) is 27.7 Å². The van der Waals surface area contributed by atoms with E-state index in [1.54, 1.807) is 0 Å². The molecule has 3 N–H and O–H groups in total. The molecule has 0 aliphatic carbocycles. The van der Waals surface area contributed by atoms with Gasteiger partial charge in [-0.15, -0.1) is 0 Å². The molecule has 2 unspecified atom stereocenters. The average molecular weight is 1210 g/mol. The van der Waals surface area contributed by atoms with Gasteiger partial charge in [-0.25, -0.2) is 9.13 Å². The Labute approximate surface area is 498 Å². The number of ether oxygens (including phenoxy) is 4. The van der Waals surface area contributed by atoms with Crippen LogP contribution in [0.2, 0.25) is 0 Å². The van der Waals surface area contributed by atoms with Crippen LogP contribution in [0.3, 0.4) is 0 Å². The summed E-state index contributed by atoms with van der Waals surface area (Å²) < 4.78 is 67.8. The number of rotatable bonds is 64. The largest absolute Gasteiger partial charge is 0.472 e. The Bertz CT molecular complexity index is 1590. The van der Waals surface area contributed by atoms with Crippen molar-refractivity contribution < 1.29 is 80.2 Å². The van der Waals surface area contributed by atoms with E-state index >= 15 is 0 Å². The van der Waals surface area contributed by atoms with E-state index in [-0.39, 0.29) is 25.7 Å². The zero-order chi connectivity index (χ0) is 60.5. The highest BCUT2D eigenvalue weighted by Crippen LogP contribution is 2.45. The van der Waals surface area contributed by atoms with Crippen LogP contribution in [0.25, 0.3) is 0 Å². The van der Waals surface area contributed by atoms with Crippen molar-refractivity contribution in [2.75, 3.05) is 39.6 Å². The number of carbonyl (C=O) groups excluding carboxylic acids is 4. The van der Waals surface area contributed by atoms with Crippen LogP contribution in [0.5, 0.6) is 0 Å². The van der Waals surface area contributed by atoms with E-state index in [1.807, 2.05) is 0 Å². The lowest BCUT2D eigenvalue weighted by molar-refractivity contribution is -0.161. The molecule has 0 aromatic rings. The van der Waals surface area contributed by atoms with Gasteiger partial charge in [0.2, 0.25) is 0 Å². The normalized spacial score (nSPS) is 14.2. The summed E-state index contributed by atoms with van der Waals surface area (Å²) in [4.78, 5) is 71.9. The van der Waals surface area contributed by atoms with E-state index in [1.165, 1.54) is 148 Å². The van der Waals surface area contributed by atoms with Crippen molar-refractivity contribution in [1.82, 2.24) is 0 Å². The fourth-order valence-corrected chi connectivity index (χ4v) is 11.0. The molecule has 0 aromatic heterocycles. The maximum atomic E-state index is 13.0. The van der Waals surface area contributed by atoms with Crippen molar-refractivity contribution in [2.24, 2.45) is 0 Å². The zero-order valence-corrected chi connectivity index (χ0v) is 54.2. The maximum absolute atomic E-state index is 13.0. The van der Waals surface area contributed by atoms with Gasteiger partial charge in [0.05, 0.1) is 26.4 Å². The fourth-order valence-electron chi connectivity index (χ4n) is 9.46. The van der Waals surface area contributed by atoms with Crippen molar-refractivity contribution in [1.29, 1.82) is 0 Å². The molecular weight excluding hydrogens is 1090 g/mol. The molecule has 0 heterocycles. The van der Waals surface area contributed by atoms with Crippen molar-refractivity contribution in [2.45, 2.75) is 341 Å². The van der Waals surface area contributed by atoms with Crippen LogP contribution in [0.4, 0.5) is 0 Å². The topological polar surface area (TPSA) is 237 Å². The van der Waals surface area contributed by atoms with Crippen LogP contribution < -0.4 is 0 Å². The number of hydrogen-bond donors (Lipinski definition) is 3. The summed E-state index contributed by atoms with van der Waals surface area (Å²) in [7, 11) is -9.87. The van der Waals surface area contributed by atoms with Gasteiger partial charge >= 0.3 is 39.5 Å². The van der Waals surface area contributed by atoms with Crippen molar-refractivity contribution >= 4 is 39.5 Å². The number of aliphatic hydroxyl groups is 1. The Kier molecular flexibility index (Phi) is 56.7. The molecule has 0 spiro atoms. The van der Waals surface area contributed by atoms with Gasteiger partial charge in [-0.2, -0.15) is 0 Å². The van der Waals surface area contributed by atoms with Crippen molar-refractivity contribution in [3.05, 3.63) is 0 Å². The van der Waals surface area contributed by atoms with E-state index in [4.69, 9.17) is 37.0 Å². The van der Waals surface area contributed by atoms with Gasteiger partial charge in [0.15, 0.2) is 12.2 Å². The third kappa shape index (κ3) is 57.2. The van der Waals surface area contributed by atoms with Crippen molar-refractivity contribution in [3.8, 4) is 0 Å². The molecule has 0 saturated heterocycles. The molecule has 0 radical (unpaired) electrons. The Morgan fingerprint density at radius 3 is 0.720 bits per heavy atom. The Morgan fingerprint density at radius 1 is 0.293 bits per heavy atom. The lowest BCUT2D eigenvalue weighted by Crippen LogP contribution is -2.30. The minimum atomic E-state index is -4.94. The average Bonchev–Trinajstić information content (AvgIpc) is 3.45. The van der Waals surface area contributed by atoms with E-state index in [0.717, 1.165) is 96.3 Å². The molecule has 19 heteroatoms. The predicted molar refractivity (Wildman–Crippen MR) is 326 cm³/mol. The number of hydrogen-bond acceptors (Lipinski definition) is 15. The lowest BCUT2D eigenvalue weighted by Gasteiger charge is -2.21. The molecule has 0 aliphatic heterocycles. The van der Waals surface area contributed by atoms with Crippen LogP contribution in [0, 0.1) is 0 Å². The SMILES string of the molecule is CCCCCCCCCCCCCCCCCCC(=O)O[C@H](COC(=O)CCCCCCCCCCCCC)COP(=O)(O)OC[C@@H](O)COP(=O)(O)OC[C@@H](COC(=O)CCCCCCC)OC(=O)CCCCCCCCCCCC. The Balaban J connectivity index is 5.15. The Morgan fingerprint density at radius 2 is 0.488 bits per heavy atom. The molecule has 0 bridgehead atoms. The van der Waals surface area contributed by atoms with Gasteiger partial charge in [-0.05, 0) is 25.7 Å². The maximum Gasteiger partial charge on any atom is 0.472 e. The number of unbranched alkanes of at least 4 members (excludes halogenated alkanes) is 38. The summed E-state index contributed by atoms with van der Waals surface area (Å²) in [6.45, 7) is 4.80. The second-order valence-corrected chi connectivity index (χ2v) is 25.7. The lowest BCUT2D eigenvalue weighted by atomic mass is 10.0. The highest BCUT2D eigenvalue weighted by atomic mass is 31.2. The fraction of sp³-hybridized carbons (Fsp3) is 0.937. The highest BCUT2D eigenvalue weighted by Gasteiger charge is 2.30. The second kappa shape index (κ2) is 58.1. The summed E-state index contributed by atoms with van der Waals surface area (Å²) >= 11 is 0. The first-order valence-electron chi connectivity index (χ1n) is 33.3. The molecule has 0 aromatic carbocycles. The number of aliphatic hydroxyl groups excluding tert-OH is 1. The third-order valence-electron chi connectivity index (χ3n) is 14.6. The van der Waals surface area contributed by atoms with E-state index < -0.39 is 97.5 Å². The van der Waals surface area contributed by atoms with Gasteiger partial charge in [0.1, 0.15) is 19.3 Å². The minimum absolute atomic E-state index is 0.106. The molecule has 0 aliphatic rings. The smallest absolute Gasteiger partial charge is 0.462 e. The first-order chi connectivity index (χ1) is 39.7. The molecule has 82 heavy (non-hydrogen) atoms.